The maximum Gasteiger partial charge on any atom is 0.240 e. The Kier molecular flexibility index (Phi) is 11.7. The van der Waals surface area contributed by atoms with Gasteiger partial charge in [-0.2, -0.15) is 0 Å². The molecule has 1 aliphatic rings. The number of halogens is 3. The average molecular weight is 358 g/mol. The third-order valence-corrected chi connectivity index (χ3v) is 3.28. The summed E-state index contributed by atoms with van der Waals surface area (Å²) in [6, 6.07) is 9.66. The number of amides is 1. The smallest absolute Gasteiger partial charge is 0.240 e. The van der Waals surface area contributed by atoms with Crippen LogP contribution in [0.15, 0.2) is 30.3 Å². The summed E-state index contributed by atoms with van der Waals surface area (Å²) in [5.41, 5.74) is 12.3. The van der Waals surface area contributed by atoms with Crippen molar-refractivity contribution < 1.29 is 4.79 Å². The van der Waals surface area contributed by atoms with Crippen LogP contribution in [-0.2, 0) is 4.79 Å². The van der Waals surface area contributed by atoms with Crippen LogP contribution >= 0.6 is 37.2 Å². The fraction of sp³-hybridized carbons (Fsp3) is 0.462. The number of hydrogen-bond donors (Lipinski definition) is 2. The van der Waals surface area contributed by atoms with Gasteiger partial charge in [-0.25, -0.2) is 0 Å². The van der Waals surface area contributed by atoms with Gasteiger partial charge in [0.25, 0.3) is 0 Å². The highest BCUT2D eigenvalue weighted by Crippen LogP contribution is 2.15. The fourth-order valence-corrected chi connectivity index (χ4v) is 2.16. The topological polar surface area (TPSA) is 75.6 Å². The number of hydrogen-bond acceptors (Lipinski definition) is 4. The van der Waals surface area contributed by atoms with E-state index < -0.39 is 6.04 Å². The summed E-state index contributed by atoms with van der Waals surface area (Å²) in [6.45, 7) is 3.31. The molecule has 5 nitrogen and oxygen atoms in total. The number of benzene rings is 1. The van der Waals surface area contributed by atoms with E-state index in [0.717, 1.165) is 13.1 Å². The van der Waals surface area contributed by atoms with Gasteiger partial charge >= 0.3 is 0 Å². The molecule has 1 amide bonds. The van der Waals surface area contributed by atoms with Crippen LogP contribution < -0.4 is 16.4 Å². The van der Waals surface area contributed by atoms with Crippen molar-refractivity contribution in [3.63, 3.8) is 0 Å². The van der Waals surface area contributed by atoms with Crippen LogP contribution in [0.25, 0.3) is 0 Å². The molecule has 0 spiro atoms. The van der Waals surface area contributed by atoms with Crippen molar-refractivity contribution in [2.45, 2.75) is 6.04 Å². The van der Waals surface area contributed by atoms with Crippen LogP contribution in [0.2, 0.25) is 0 Å². The number of nitrogens with zero attached hydrogens (tertiary/aromatic N) is 2. The first-order chi connectivity index (χ1) is 8.72. The molecule has 1 aromatic rings. The molecular formula is C13H23Cl3N4O. The number of anilines is 1. The van der Waals surface area contributed by atoms with Gasteiger partial charge in [-0.3, -0.25) is 4.79 Å². The highest BCUT2D eigenvalue weighted by molar-refractivity contribution is 5.86. The summed E-state index contributed by atoms with van der Waals surface area (Å²) in [7, 11) is 0. The van der Waals surface area contributed by atoms with Crippen molar-refractivity contribution in [1.29, 1.82) is 0 Å². The fourth-order valence-electron chi connectivity index (χ4n) is 2.16. The number of para-hydroxylation sites is 1. The summed E-state index contributed by atoms with van der Waals surface area (Å²) in [6.07, 6.45) is 0. The summed E-state index contributed by atoms with van der Waals surface area (Å²) in [5.74, 6) is -0.0368. The Balaban J connectivity index is 0. The van der Waals surface area contributed by atoms with Crippen molar-refractivity contribution in [3.05, 3.63) is 30.3 Å². The molecule has 122 valence electrons. The van der Waals surface area contributed by atoms with Crippen LogP contribution in [0, 0.1) is 0 Å². The van der Waals surface area contributed by atoms with E-state index in [1.807, 2.05) is 18.2 Å². The van der Waals surface area contributed by atoms with Gasteiger partial charge in [-0.15, -0.1) is 37.2 Å². The van der Waals surface area contributed by atoms with Crippen molar-refractivity contribution in [2.24, 2.45) is 11.5 Å². The van der Waals surface area contributed by atoms with Gasteiger partial charge in [0.1, 0.15) is 0 Å². The first kappa shape index (κ1) is 22.6. The quantitative estimate of drug-likeness (QED) is 0.842. The zero-order valence-corrected chi connectivity index (χ0v) is 14.1. The van der Waals surface area contributed by atoms with E-state index >= 15 is 0 Å². The second-order valence-corrected chi connectivity index (χ2v) is 4.49. The van der Waals surface area contributed by atoms with Crippen molar-refractivity contribution in [1.82, 2.24) is 4.90 Å². The average Bonchev–Trinajstić information content (AvgIpc) is 2.47. The van der Waals surface area contributed by atoms with Gasteiger partial charge < -0.3 is 21.3 Å². The zero-order chi connectivity index (χ0) is 13.0. The normalized spacial score (nSPS) is 15.1. The van der Waals surface area contributed by atoms with E-state index in [1.54, 1.807) is 4.90 Å². The minimum absolute atomic E-state index is 0. The lowest BCUT2D eigenvalue weighted by Crippen LogP contribution is -2.54. The molecule has 21 heavy (non-hydrogen) atoms. The second-order valence-electron chi connectivity index (χ2n) is 4.49. The van der Waals surface area contributed by atoms with E-state index in [2.05, 4.69) is 17.0 Å². The van der Waals surface area contributed by atoms with Gasteiger partial charge in [-0.05, 0) is 12.1 Å². The van der Waals surface area contributed by atoms with Crippen LogP contribution in [0.4, 0.5) is 5.69 Å². The highest BCUT2D eigenvalue weighted by atomic mass is 35.5. The molecule has 1 heterocycles. The molecular weight excluding hydrogens is 335 g/mol. The zero-order valence-electron chi connectivity index (χ0n) is 11.7. The summed E-state index contributed by atoms with van der Waals surface area (Å²) in [5, 5.41) is 0. The summed E-state index contributed by atoms with van der Waals surface area (Å²) in [4.78, 5) is 16.0. The molecule has 1 atom stereocenters. The molecule has 1 saturated heterocycles. The number of carbonyl (C=O) groups excluding carboxylic acids is 1. The van der Waals surface area contributed by atoms with Gasteiger partial charge in [0.2, 0.25) is 5.91 Å². The lowest BCUT2D eigenvalue weighted by atomic mass is 10.2. The molecule has 0 aliphatic carbocycles. The Morgan fingerprint density at radius 2 is 1.57 bits per heavy atom. The van der Waals surface area contributed by atoms with Crippen molar-refractivity contribution in [2.75, 3.05) is 37.6 Å². The third-order valence-electron chi connectivity index (χ3n) is 3.28. The monoisotopic (exact) mass is 356 g/mol. The Hall–Kier alpha value is -0.720. The van der Waals surface area contributed by atoms with Crippen molar-refractivity contribution >= 4 is 48.8 Å². The second kappa shape index (κ2) is 10.9. The standard InChI is InChI=1S/C13H20N4O.3ClH/c14-10-12(15)13(18)17-8-6-16(7-9-17)11-4-2-1-3-5-11;;;/h1-5,12H,6-10,14-15H2;3*1H/t12-;;;/m1.../s1. The minimum atomic E-state index is -0.562. The summed E-state index contributed by atoms with van der Waals surface area (Å²) >= 11 is 0. The molecule has 0 saturated carbocycles. The molecule has 8 heteroatoms. The number of carbonyl (C=O) groups is 1. The maximum atomic E-state index is 11.9. The molecule has 0 unspecified atom stereocenters. The van der Waals surface area contributed by atoms with Crippen LogP contribution in [0.5, 0.6) is 0 Å². The van der Waals surface area contributed by atoms with Gasteiger partial charge in [0, 0.05) is 38.4 Å². The van der Waals surface area contributed by atoms with E-state index in [9.17, 15) is 4.79 Å². The van der Waals surface area contributed by atoms with Crippen LogP contribution in [-0.4, -0.2) is 49.6 Å². The Labute approximate surface area is 144 Å². The molecule has 0 radical (unpaired) electrons. The van der Waals surface area contributed by atoms with Crippen LogP contribution in [0.3, 0.4) is 0 Å². The molecule has 1 fully saturated rings. The Morgan fingerprint density at radius 3 is 2.05 bits per heavy atom. The van der Waals surface area contributed by atoms with E-state index in [0.29, 0.717) is 13.1 Å². The predicted octanol–water partition coefficient (Wildman–Crippen LogP) is 0.887. The molecule has 4 N–H and O–H groups in total. The third kappa shape index (κ3) is 5.88. The van der Waals surface area contributed by atoms with E-state index in [1.165, 1.54) is 5.69 Å². The van der Waals surface area contributed by atoms with Crippen molar-refractivity contribution in [3.8, 4) is 0 Å². The first-order valence-corrected chi connectivity index (χ1v) is 6.27. The number of nitrogens with two attached hydrogens (primary N) is 2. The predicted molar refractivity (Wildman–Crippen MR) is 94.0 cm³/mol. The van der Waals surface area contributed by atoms with E-state index in [4.69, 9.17) is 11.5 Å². The SMILES string of the molecule is Cl.Cl.Cl.NC[C@@H](N)C(=O)N1CCN(c2ccccc2)CC1. The first-order valence-electron chi connectivity index (χ1n) is 6.27. The maximum absolute atomic E-state index is 11.9. The Morgan fingerprint density at radius 1 is 1.05 bits per heavy atom. The molecule has 1 aromatic carbocycles. The van der Waals surface area contributed by atoms with Crippen LogP contribution in [0.1, 0.15) is 0 Å². The Bertz CT molecular complexity index is 400. The minimum Gasteiger partial charge on any atom is -0.368 e. The molecule has 1 aliphatic heterocycles. The summed E-state index contributed by atoms with van der Waals surface area (Å²) < 4.78 is 0. The molecule has 0 bridgehead atoms. The lowest BCUT2D eigenvalue weighted by Gasteiger charge is -2.37. The molecule has 0 aromatic heterocycles. The highest BCUT2D eigenvalue weighted by Gasteiger charge is 2.24. The lowest BCUT2D eigenvalue weighted by molar-refractivity contribution is -0.132. The van der Waals surface area contributed by atoms with Gasteiger partial charge in [-0.1, -0.05) is 18.2 Å². The largest absolute Gasteiger partial charge is 0.368 e. The van der Waals surface area contributed by atoms with Gasteiger partial charge in [0.15, 0.2) is 0 Å². The number of rotatable bonds is 3. The van der Waals surface area contributed by atoms with Gasteiger partial charge in [0.05, 0.1) is 6.04 Å². The number of piperazine rings is 1. The molecule has 2 rings (SSSR count). The van der Waals surface area contributed by atoms with E-state index in [-0.39, 0.29) is 49.7 Å².